The van der Waals surface area contributed by atoms with E-state index in [0.717, 1.165) is 12.0 Å². The third kappa shape index (κ3) is 9.01. The molecule has 1 rings (SSSR count). The van der Waals surface area contributed by atoms with E-state index >= 15 is 0 Å². The maximum atomic E-state index is 12.3. The molecule has 7 nitrogen and oxygen atoms in total. The number of amides is 2. The number of ether oxygens (including phenoxy) is 1. The van der Waals surface area contributed by atoms with Gasteiger partial charge in [0.1, 0.15) is 0 Å². The van der Waals surface area contributed by atoms with Crippen molar-refractivity contribution >= 4 is 29.5 Å². The second kappa shape index (κ2) is 11.9. The molecule has 0 saturated carbocycles. The molecule has 27 heavy (non-hydrogen) atoms. The molecule has 1 N–H and O–H groups in total. The number of hydrogen-bond donors (Lipinski definition) is 1. The summed E-state index contributed by atoms with van der Waals surface area (Å²) in [6.45, 7) is 5.13. The molecule has 7 heteroatoms. The number of nitrogens with one attached hydrogen (secondary N) is 1. The highest BCUT2D eigenvalue weighted by atomic mass is 16.5. The first kappa shape index (κ1) is 22.4. The summed E-state index contributed by atoms with van der Waals surface area (Å²) < 4.78 is 4.82. The van der Waals surface area contributed by atoms with Gasteiger partial charge in [0.25, 0.3) is 0 Å². The third-order valence-electron chi connectivity index (χ3n) is 3.66. The molecule has 0 spiro atoms. The molecule has 0 aliphatic rings. The molecule has 148 valence electrons. The lowest BCUT2D eigenvalue weighted by atomic mass is 10.2. The molecular formula is C20H29N3O4. The van der Waals surface area contributed by atoms with Crippen LogP contribution in [0, 0.1) is 0 Å². The van der Waals surface area contributed by atoms with Gasteiger partial charge in [-0.25, -0.2) is 4.79 Å². The average Bonchev–Trinajstić information content (AvgIpc) is 2.61. The van der Waals surface area contributed by atoms with Crippen LogP contribution in [0.3, 0.4) is 0 Å². The zero-order valence-electron chi connectivity index (χ0n) is 16.5. The molecule has 0 heterocycles. The SMILES string of the molecule is CCCN(CC(=O)Nc1ccc(/C=C/C(=O)OCC)cc1)CC(=O)N(C)C. The van der Waals surface area contributed by atoms with E-state index in [0.29, 0.717) is 18.8 Å². The van der Waals surface area contributed by atoms with Crippen LogP contribution in [-0.4, -0.2) is 67.9 Å². The maximum Gasteiger partial charge on any atom is 0.330 e. The summed E-state index contributed by atoms with van der Waals surface area (Å²) in [6.07, 6.45) is 3.87. The van der Waals surface area contributed by atoms with Crippen LogP contribution in [0.1, 0.15) is 25.8 Å². The van der Waals surface area contributed by atoms with Crippen LogP contribution in [-0.2, 0) is 19.1 Å². The molecule has 0 aliphatic heterocycles. The lowest BCUT2D eigenvalue weighted by Gasteiger charge is -2.22. The summed E-state index contributed by atoms with van der Waals surface area (Å²) in [5, 5.41) is 2.82. The number of rotatable bonds is 10. The van der Waals surface area contributed by atoms with Gasteiger partial charge < -0.3 is 15.0 Å². The van der Waals surface area contributed by atoms with E-state index in [1.54, 1.807) is 51.4 Å². The third-order valence-corrected chi connectivity index (χ3v) is 3.66. The second-order valence-corrected chi connectivity index (χ2v) is 6.25. The molecule has 2 amide bonds. The zero-order chi connectivity index (χ0) is 20.2. The van der Waals surface area contributed by atoms with Crippen LogP contribution >= 0.6 is 0 Å². The van der Waals surface area contributed by atoms with E-state index in [-0.39, 0.29) is 24.9 Å². The fourth-order valence-electron chi connectivity index (χ4n) is 2.30. The normalized spacial score (nSPS) is 10.9. The summed E-state index contributed by atoms with van der Waals surface area (Å²) in [5.41, 5.74) is 1.48. The minimum atomic E-state index is -0.391. The summed E-state index contributed by atoms with van der Waals surface area (Å²) in [4.78, 5) is 38.8. The highest BCUT2D eigenvalue weighted by Gasteiger charge is 2.15. The minimum Gasteiger partial charge on any atom is -0.463 e. The molecule has 0 saturated heterocycles. The Hall–Kier alpha value is -2.67. The number of carbonyl (C=O) groups is 3. The van der Waals surface area contributed by atoms with E-state index in [1.165, 1.54) is 11.0 Å². The van der Waals surface area contributed by atoms with Crippen molar-refractivity contribution in [3.8, 4) is 0 Å². The van der Waals surface area contributed by atoms with Crippen molar-refractivity contribution in [2.45, 2.75) is 20.3 Å². The van der Waals surface area contributed by atoms with Gasteiger partial charge >= 0.3 is 5.97 Å². The zero-order valence-corrected chi connectivity index (χ0v) is 16.5. The van der Waals surface area contributed by atoms with Crippen LogP contribution in [0.4, 0.5) is 5.69 Å². The molecule has 0 unspecified atom stereocenters. The van der Waals surface area contributed by atoms with Gasteiger partial charge in [-0.2, -0.15) is 0 Å². The van der Waals surface area contributed by atoms with E-state index in [1.807, 2.05) is 11.8 Å². The number of nitrogens with zero attached hydrogens (tertiary/aromatic N) is 2. The van der Waals surface area contributed by atoms with Crippen molar-refractivity contribution in [1.29, 1.82) is 0 Å². The van der Waals surface area contributed by atoms with E-state index < -0.39 is 5.97 Å². The monoisotopic (exact) mass is 375 g/mol. The Balaban J connectivity index is 2.59. The van der Waals surface area contributed by atoms with Crippen molar-refractivity contribution in [2.24, 2.45) is 0 Å². The molecule has 1 aromatic carbocycles. The van der Waals surface area contributed by atoms with Gasteiger partial charge in [-0.1, -0.05) is 19.1 Å². The molecule has 0 fully saturated rings. The number of likely N-dealkylation sites (N-methyl/N-ethyl adjacent to an activating group) is 1. The minimum absolute atomic E-state index is 0.0333. The van der Waals surface area contributed by atoms with Gasteiger partial charge in [0.15, 0.2) is 0 Å². The molecule has 0 bridgehead atoms. The second-order valence-electron chi connectivity index (χ2n) is 6.25. The van der Waals surface area contributed by atoms with Crippen LogP contribution < -0.4 is 5.32 Å². The molecule has 1 aromatic rings. The van der Waals surface area contributed by atoms with Gasteiger partial charge in [0.05, 0.1) is 19.7 Å². The van der Waals surface area contributed by atoms with Gasteiger partial charge in [0.2, 0.25) is 11.8 Å². The van der Waals surface area contributed by atoms with Crippen molar-refractivity contribution in [1.82, 2.24) is 9.80 Å². The summed E-state index contributed by atoms with van der Waals surface area (Å²) >= 11 is 0. The van der Waals surface area contributed by atoms with Gasteiger partial charge in [-0.05, 0) is 43.7 Å². The Bertz CT molecular complexity index is 654. The van der Waals surface area contributed by atoms with E-state index in [9.17, 15) is 14.4 Å². The maximum absolute atomic E-state index is 12.3. The van der Waals surface area contributed by atoms with Gasteiger partial charge in [0, 0.05) is 25.9 Å². The van der Waals surface area contributed by atoms with Crippen molar-refractivity contribution in [3.05, 3.63) is 35.9 Å². The Morgan fingerprint density at radius 3 is 2.30 bits per heavy atom. The molecular weight excluding hydrogens is 346 g/mol. The Morgan fingerprint density at radius 1 is 1.07 bits per heavy atom. The van der Waals surface area contributed by atoms with Crippen LogP contribution in [0.15, 0.2) is 30.3 Å². The van der Waals surface area contributed by atoms with Crippen LogP contribution in [0.25, 0.3) is 6.08 Å². The number of benzene rings is 1. The van der Waals surface area contributed by atoms with Gasteiger partial charge in [-0.15, -0.1) is 0 Å². The summed E-state index contributed by atoms with van der Waals surface area (Å²) in [6, 6.07) is 7.12. The fraction of sp³-hybridized carbons (Fsp3) is 0.450. The highest BCUT2D eigenvalue weighted by molar-refractivity contribution is 5.93. The lowest BCUT2D eigenvalue weighted by Crippen LogP contribution is -2.41. The standard InChI is InChI=1S/C20H29N3O4/c1-5-13-23(15-19(25)22(3)4)14-18(24)21-17-10-7-16(8-11-17)9-12-20(26)27-6-2/h7-12H,5-6,13-15H2,1-4H3,(H,21,24)/b12-9+. The Kier molecular flexibility index (Phi) is 9.82. The van der Waals surface area contributed by atoms with Crippen LogP contribution in [0.2, 0.25) is 0 Å². The van der Waals surface area contributed by atoms with Crippen molar-refractivity contribution in [3.63, 3.8) is 0 Å². The largest absolute Gasteiger partial charge is 0.463 e. The van der Waals surface area contributed by atoms with Crippen molar-refractivity contribution in [2.75, 3.05) is 45.7 Å². The fourth-order valence-corrected chi connectivity index (χ4v) is 2.30. The summed E-state index contributed by atoms with van der Waals surface area (Å²) in [5.74, 6) is -0.600. The van der Waals surface area contributed by atoms with Crippen molar-refractivity contribution < 1.29 is 19.1 Å². The molecule has 0 radical (unpaired) electrons. The smallest absolute Gasteiger partial charge is 0.330 e. The Morgan fingerprint density at radius 2 is 1.74 bits per heavy atom. The number of hydrogen-bond acceptors (Lipinski definition) is 5. The predicted molar refractivity (Wildman–Crippen MR) is 106 cm³/mol. The number of carbonyl (C=O) groups excluding carboxylic acids is 3. The highest BCUT2D eigenvalue weighted by Crippen LogP contribution is 2.11. The average molecular weight is 375 g/mol. The first-order valence-electron chi connectivity index (χ1n) is 9.03. The number of esters is 1. The van der Waals surface area contributed by atoms with Gasteiger partial charge in [-0.3, -0.25) is 14.5 Å². The predicted octanol–water partition coefficient (Wildman–Crippen LogP) is 2.00. The molecule has 0 aromatic heterocycles. The molecule has 0 atom stereocenters. The topological polar surface area (TPSA) is 79.0 Å². The quantitative estimate of drug-likeness (QED) is 0.500. The lowest BCUT2D eigenvalue weighted by molar-refractivity contribution is -0.137. The Labute approximate surface area is 161 Å². The first-order chi connectivity index (χ1) is 12.8. The number of anilines is 1. The van der Waals surface area contributed by atoms with Crippen LogP contribution in [0.5, 0.6) is 0 Å². The first-order valence-corrected chi connectivity index (χ1v) is 9.03. The van der Waals surface area contributed by atoms with E-state index in [2.05, 4.69) is 5.32 Å². The summed E-state index contributed by atoms with van der Waals surface area (Å²) in [7, 11) is 3.40. The molecule has 0 aliphatic carbocycles. The van der Waals surface area contributed by atoms with E-state index in [4.69, 9.17) is 4.74 Å².